The van der Waals surface area contributed by atoms with Crippen LogP contribution >= 0.6 is 11.6 Å². The van der Waals surface area contributed by atoms with Crippen molar-refractivity contribution in [1.29, 1.82) is 0 Å². The van der Waals surface area contributed by atoms with Gasteiger partial charge in [-0.05, 0) is 33.3 Å². The van der Waals surface area contributed by atoms with Crippen LogP contribution in [-0.2, 0) is 11.3 Å². The van der Waals surface area contributed by atoms with Crippen molar-refractivity contribution in [3.63, 3.8) is 0 Å². The Morgan fingerprint density at radius 2 is 1.89 bits per heavy atom. The van der Waals surface area contributed by atoms with Gasteiger partial charge in [-0.3, -0.25) is 14.2 Å². The summed E-state index contributed by atoms with van der Waals surface area (Å²) >= 11 is 6.06. The zero-order valence-electron chi connectivity index (χ0n) is 15.0. The maximum absolute atomic E-state index is 13.0. The SMILES string of the molecule is Cc1nn(CCCNC(=O)C(C)n2nc(C(F)F)cc2C(F)F)c(C)c1Cl. The lowest BCUT2D eigenvalue weighted by molar-refractivity contribution is -0.124. The van der Waals surface area contributed by atoms with Gasteiger partial charge in [-0.2, -0.15) is 10.2 Å². The molecule has 0 aliphatic rings. The Kier molecular flexibility index (Phi) is 6.85. The van der Waals surface area contributed by atoms with Crippen LogP contribution in [0.25, 0.3) is 0 Å². The first-order valence-corrected chi connectivity index (χ1v) is 8.64. The number of carbonyl (C=O) groups is 1. The van der Waals surface area contributed by atoms with Crippen LogP contribution in [0.15, 0.2) is 6.07 Å². The van der Waals surface area contributed by atoms with Gasteiger partial charge in [0, 0.05) is 13.1 Å². The highest BCUT2D eigenvalue weighted by atomic mass is 35.5. The van der Waals surface area contributed by atoms with Crippen molar-refractivity contribution in [3.05, 3.63) is 33.9 Å². The second-order valence-electron chi connectivity index (χ2n) is 6.07. The summed E-state index contributed by atoms with van der Waals surface area (Å²) in [6, 6.07) is -0.532. The lowest BCUT2D eigenvalue weighted by atomic mass is 10.3. The summed E-state index contributed by atoms with van der Waals surface area (Å²) in [5, 5.41) is 10.9. The van der Waals surface area contributed by atoms with E-state index in [-0.39, 0.29) is 6.54 Å². The number of amides is 1. The highest BCUT2D eigenvalue weighted by Gasteiger charge is 2.26. The molecular formula is C16H20ClF4N5O. The molecule has 2 rings (SSSR count). The standard InChI is InChI=1S/C16H20ClF4N5O/c1-8-13(17)9(2)25(23-8)6-4-5-22-16(27)10(3)26-12(15(20)21)7-11(24-26)14(18)19/h7,10,14-15H,4-6H2,1-3H3,(H,22,27). The van der Waals surface area contributed by atoms with Crippen LogP contribution in [0, 0.1) is 13.8 Å². The summed E-state index contributed by atoms with van der Waals surface area (Å²) in [6.07, 6.45) is -5.48. The molecule has 0 radical (unpaired) electrons. The number of aryl methyl sites for hydroxylation is 2. The van der Waals surface area contributed by atoms with E-state index in [2.05, 4.69) is 15.5 Å². The fraction of sp³-hybridized carbons (Fsp3) is 0.562. The Labute approximate surface area is 158 Å². The lowest BCUT2D eigenvalue weighted by Gasteiger charge is -2.15. The minimum atomic E-state index is -3.02. The zero-order valence-corrected chi connectivity index (χ0v) is 15.8. The second-order valence-corrected chi connectivity index (χ2v) is 6.45. The normalized spacial score (nSPS) is 12.8. The molecule has 2 aromatic heterocycles. The number of aromatic nitrogens is 4. The quantitative estimate of drug-likeness (QED) is 0.529. The maximum atomic E-state index is 13.0. The summed E-state index contributed by atoms with van der Waals surface area (Å²) in [5.41, 5.74) is 0.0166. The number of alkyl halides is 4. The fourth-order valence-corrected chi connectivity index (χ4v) is 2.74. The Hall–Kier alpha value is -2.10. The van der Waals surface area contributed by atoms with Crippen molar-refractivity contribution in [1.82, 2.24) is 24.9 Å². The summed E-state index contributed by atoms with van der Waals surface area (Å²) < 4.78 is 53.9. The molecule has 0 aliphatic heterocycles. The third-order valence-electron chi connectivity index (χ3n) is 4.12. The summed E-state index contributed by atoms with van der Waals surface area (Å²) in [7, 11) is 0. The molecule has 1 unspecified atom stereocenters. The van der Waals surface area contributed by atoms with Gasteiger partial charge in [0.1, 0.15) is 17.4 Å². The molecule has 150 valence electrons. The van der Waals surface area contributed by atoms with Gasteiger partial charge in [-0.25, -0.2) is 17.6 Å². The number of halogens is 5. The van der Waals surface area contributed by atoms with Crippen molar-refractivity contribution < 1.29 is 22.4 Å². The van der Waals surface area contributed by atoms with Gasteiger partial charge in [0.2, 0.25) is 5.91 Å². The Morgan fingerprint density at radius 1 is 1.22 bits per heavy atom. The summed E-state index contributed by atoms with van der Waals surface area (Å²) in [4.78, 5) is 12.2. The molecule has 27 heavy (non-hydrogen) atoms. The first kappa shape index (κ1) is 21.2. The van der Waals surface area contributed by atoms with Crippen LogP contribution in [0.1, 0.15) is 55.0 Å². The fourth-order valence-electron chi connectivity index (χ4n) is 2.60. The van der Waals surface area contributed by atoms with Crippen LogP contribution in [0.3, 0.4) is 0 Å². The molecule has 0 spiro atoms. The number of rotatable bonds is 8. The molecule has 1 amide bonds. The molecule has 0 aromatic carbocycles. The van der Waals surface area contributed by atoms with E-state index in [0.29, 0.717) is 34.4 Å². The number of hydrogen-bond acceptors (Lipinski definition) is 3. The molecule has 0 saturated heterocycles. The molecule has 2 aromatic rings. The average molecular weight is 410 g/mol. The molecular weight excluding hydrogens is 390 g/mol. The van der Waals surface area contributed by atoms with E-state index >= 15 is 0 Å². The molecule has 0 aliphatic carbocycles. The highest BCUT2D eigenvalue weighted by molar-refractivity contribution is 6.31. The molecule has 0 saturated carbocycles. The topological polar surface area (TPSA) is 64.7 Å². The third-order valence-corrected chi connectivity index (χ3v) is 4.66. The number of hydrogen-bond donors (Lipinski definition) is 1. The van der Waals surface area contributed by atoms with Crippen LogP contribution in [-0.4, -0.2) is 32.0 Å². The highest BCUT2D eigenvalue weighted by Crippen LogP contribution is 2.27. The van der Waals surface area contributed by atoms with E-state index < -0.39 is 36.2 Å². The molecule has 1 atom stereocenters. The predicted octanol–water partition coefficient (Wildman–Crippen LogP) is 3.99. The van der Waals surface area contributed by atoms with E-state index in [1.54, 1.807) is 11.6 Å². The van der Waals surface area contributed by atoms with Crippen LogP contribution < -0.4 is 5.32 Å². The van der Waals surface area contributed by atoms with Crippen LogP contribution in [0.2, 0.25) is 5.02 Å². The summed E-state index contributed by atoms with van der Waals surface area (Å²) in [5.74, 6) is -0.591. The van der Waals surface area contributed by atoms with E-state index in [1.807, 2.05) is 6.92 Å². The monoisotopic (exact) mass is 409 g/mol. The van der Waals surface area contributed by atoms with Gasteiger partial charge in [0.05, 0.1) is 16.4 Å². The maximum Gasteiger partial charge on any atom is 0.282 e. The number of carbonyl (C=O) groups excluding carboxylic acids is 1. The largest absolute Gasteiger partial charge is 0.354 e. The molecule has 0 fully saturated rings. The third kappa shape index (κ3) is 4.79. The van der Waals surface area contributed by atoms with Crippen molar-refractivity contribution in [2.24, 2.45) is 0 Å². The summed E-state index contributed by atoms with van der Waals surface area (Å²) in [6.45, 7) is 5.70. The van der Waals surface area contributed by atoms with Gasteiger partial charge in [0.15, 0.2) is 0 Å². The second kappa shape index (κ2) is 8.73. The smallest absolute Gasteiger partial charge is 0.282 e. The Bertz CT molecular complexity index is 805. The van der Waals surface area contributed by atoms with Gasteiger partial charge in [0.25, 0.3) is 12.9 Å². The average Bonchev–Trinajstić information content (AvgIpc) is 3.16. The van der Waals surface area contributed by atoms with Gasteiger partial charge in [-0.1, -0.05) is 11.6 Å². The van der Waals surface area contributed by atoms with Crippen LogP contribution in [0.4, 0.5) is 17.6 Å². The number of nitrogens with zero attached hydrogens (tertiary/aromatic N) is 4. The van der Waals surface area contributed by atoms with E-state index in [0.717, 1.165) is 5.69 Å². The molecule has 1 N–H and O–H groups in total. The zero-order chi connectivity index (χ0) is 20.3. The van der Waals surface area contributed by atoms with Crippen molar-refractivity contribution in [2.75, 3.05) is 6.54 Å². The van der Waals surface area contributed by atoms with E-state index in [4.69, 9.17) is 11.6 Å². The Morgan fingerprint density at radius 3 is 2.41 bits per heavy atom. The van der Waals surface area contributed by atoms with Crippen molar-refractivity contribution in [3.8, 4) is 0 Å². The lowest BCUT2D eigenvalue weighted by Crippen LogP contribution is -2.33. The van der Waals surface area contributed by atoms with E-state index in [1.165, 1.54) is 6.92 Å². The Balaban J connectivity index is 1.95. The molecule has 0 bridgehead atoms. The van der Waals surface area contributed by atoms with Gasteiger partial charge >= 0.3 is 0 Å². The van der Waals surface area contributed by atoms with E-state index in [9.17, 15) is 22.4 Å². The van der Waals surface area contributed by atoms with Gasteiger partial charge in [-0.15, -0.1) is 0 Å². The predicted molar refractivity (Wildman–Crippen MR) is 91.2 cm³/mol. The van der Waals surface area contributed by atoms with Crippen molar-refractivity contribution >= 4 is 17.5 Å². The molecule has 11 heteroatoms. The first-order chi connectivity index (χ1) is 12.6. The minimum absolute atomic E-state index is 0.256. The molecule has 6 nitrogen and oxygen atoms in total. The van der Waals surface area contributed by atoms with Crippen LogP contribution in [0.5, 0.6) is 0 Å². The molecule has 2 heterocycles. The first-order valence-electron chi connectivity index (χ1n) is 8.26. The van der Waals surface area contributed by atoms with Gasteiger partial charge < -0.3 is 5.32 Å². The number of nitrogens with one attached hydrogen (secondary N) is 1. The van der Waals surface area contributed by atoms with Crippen molar-refractivity contribution in [2.45, 2.75) is 52.6 Å². The minimum Gasteiger partial charge on any atom is -0.354 e.